The van der Waals surface area contributed by atoms with E-state index in [2.05, 4.69) is 30.3 Å². The molecule has 3 atom stereocenters. The highest BCUT2D eigenvalue weighted by Gasteiger charge is 2.43. The van der Waals surface area contributed by atoms with E-state index in [0.717, 1.165) is 44.2 Å². The van der Waals surface area contributed by atoms with Crippen molar-refractivity contribution < 1.29 is 9.59 Å². The van der Waals surface area contributed by atoms with Gasteiger partial charge in [-0.15, -0.1) is 11.3 Å². The van der Waals surface area contributed by atoms with Crippen molar-refractivity contribution in [3.63, 3.8) is 0 Å². The molecule has 3 rings (SSSR count). The van der Waals surface area contributed by atoms with Crippen LogP contribution < -0.4 is 11.1 Å². The molecule has 3 N–H and O–H groups in total. The van der Waals surface area contributed by atoms with Crippen molar-refractivity contribution in [2.24, 2.45) is 11.8 Å². The number of nitrogens with two attached hydrogens (primary N) is 1. The largest absolute Gasteiger partial charge is 0.389 e. The van der Waals surface area contributed by atoms with Crippen LogP contribution in [0.15, 0.2) is 0 Å². The van der Waals surface area contributed by atoms with Crippen LogP contribution in [0.2, 0.25) is 0 Å². The van der Waals surface area contributed by atoms with E-state index in [4.69, 9.17) is 5.73 Å². The number of unbranched alkanes of at least 4 members (excludes halogenated alkanes) is 1. The lowest BCUT2D eigenvalue weighted by Crippen LogP contribution is -2.55. The minimum absolute atomic E-state index is 0.0813. The average molecular weight is 461 g/mol. The summed E-state index contributed by atoms with van der Waals surface area (Å²) in [5, 5.41) is 13.0. The molecule has 0 bridgehead atoms. The van der Waals surface area contributed by atoms with Gasteiger partial charge in [-0.2, -0.15) is 5.26 Å². The molecule has 2 heterocycles. The van der Waals surface area contributed by atoms with E-state index in [1.54, 1.807) is 0 Å². The third-order valence-corrected chi connectivity index (χ3v) is 7.81. The molecule has 1 aromatic heterocycles. The molecule has 176 valence electrons. The maximum Gasteiger partial charge on any atom is 0.324 e. The summed E-state index contributed by atoms with van der Waals surface area (Å²) in [4.78, 5) is 33.2. The van der Waals surface area contributed by atoms with Gasteiger partial charge >= 0.3 is 6.03 Å². The summed E-state index contributed by atoms with van der Waals surface area (Å²) in [5.74, 6) is -0.0239. The van der Waals surface area contributed by atoms with Gasteiger partial charge in [0.1, 0.15) is 11.1 Å². The van der Waals surface area contributed by atoms with Gasteiger partial charge < -0.3 is 20.9 Å². The second-order valence-corrected chi connectivity index (χ2v) is 10.5. The summed E-state index contributed by atoms with van der Waals surface area (Å²) >= 11 is 1.53. The van der Waals surface area contributed by atoms with Gasteiger partial charge in [0.05, 0.1) is 11.5 Å². The Labute approximate surface area is 195 Å². The van der Waals surface area contributed by atoms with Crippen molar-refractivity contribution >= 4 is 28.3 Å². The van der Waals surface area contributed by atoms with Crippen LogP contribution in [0.1, 0.15) is 42.2 Å². The number of anilines is 1. The molecule has 0 spiro atoms. The molecule has 32 heavy (non-hydrogen) atoms. The van der Waals surface area contributed by atoms with Crippen molar-refractivity contribution in [1.29, 1.82) is 5.26 Å². The van der Waals surface area contributed by atoms with Crippen LogP contribution in [0.4, 0.5) is 9.80 Å². The summed E-state index contributed by atoms with van der Waals surface area (Å²) in [6, 6.07) is 2.32. The number of imide groups is 1. The number of hydrogen-bond donors (Lipinski definition) is 2. The Morgan fingerprint density at radius 3 is 2.72 bits per heavy atom. The first kappa shape index (κ1) is 24.5. The van der Waals surface area contributed by atoms with Crippen LogP contribution in [-0.2, 0) is 17.6 Å². The maximum atomic E-state index is 13.5. The molecule has 9 heteroatoms. The molecule has 1 fully saturated rings. The third kappa shape index (κ3) is 5.25. The summed E-state index contributed by atoms with van der Waals surface area (Å²) < 4.78 is 0. The molecule has 0 radical (unpaired) electrons. The second-order valence-electron chi connectivity index (χ2n) is 9.34. The fourth-order valence-corrected chi connectivity index (χ4v) is 6.08. The van der Waals surface area contributed by atoms with Gasteiger partial charge in [-0.25, -0.2) is 4.79 Å². The van der Waals surface area contributed by atoms with Gasteiger partial charge in [0.2, 0.25) is 5.91 Å². The first-order chi connectivity index (χ1) is 15.3. The first-order valence-electron chi connectivity index (χ1n) is 11.5. The lowest BCUT2D eigenvalue weighted by Gasteiger charge is -2.45. The van der Waals surface area contributed by atoms with Gasteiger partial charge in [0.25, 0.3) is 0 Å². The molecular weight excluding hydrogens is 424 g/mol. The number of likely N-dealkylation sites (N-methyl/N-ethyl adjacent to an activating group) is 2. The van der Waals surface area contributed by atoms with Crippen LogP contribution >= 0.6 is 11.3 Å². The van der Waals surface area contributed by atoms with Crippen molar-refractivity contribution in [3.8, 4) is 6.07 Å². The third-order valence-electron chi connectivity index (χ3n) is 6.73. The van der Waals surface area contributed by atoms with Gasteiger partial charge in [-0.1, -0.05) is 13.3 Å². The van der Waals surface area contributed by atoms with Crippen LogP contribution in [0.3, 0.4) is 0 Å². The molecule has 3 unspecified atom stereocenters. The molecule has 1 aromatic rings. The topological polar surface area (TPSA) is 106 Å². The average Bonchev–Trinajstić information content (AvgIpc) is 3.06. The van der Waals surface area contributed by atoms with Crippen molar-refractivity contribution in [1.82, 2.24) is 20.0 Å². The number of nitrogen functional groups attached to an aromatic ring is 1. The van der Waals surface area contributed by atoms with Gasteiger partial charge in [0.15, 0.2) is 0 Å². The zero-order valence-corrected chi connectivity index (χ0v) is 20.5. The fraction of sp³-hybridized carbons (Fsp3) is 0.696. The quantitative estimate of drug-likeness (QED) is 0.646. The zero-order valence-electron chi connectivity index (χ0n) is 19.7. The molecule has 2 aliphatic rings. The fourth-order valence-electron chi connectivity index (χ4n) is 4.98. The molecule has 1 aliphatic carbocycles. The van der Waals surface area contributed by atoms with Crippen molar-refractivity contribution in [3.05, 3.63) is 16.0 Å². The zero-order chi connectivity index (χ0) is 23.4. The smallest absolute Gasteiger partial charge is 0.324 e. The maximum absolute atomic E-state index is 13.5. The van der Waals surface area contributed by atoms with Crippen molar-refractivity contribution in [2.45, 2.75) is 45.1 Å². The van der Waals surface area contributed by atoms with E-state index in [1.807, 2.05) is 19.0 Å². The lowest BCUT2D eigenvalue weighted by molar-refractivity contribution is -0.136. The SMILES string of the molecule is CCCCN(C(=O)NCCN(C)C)C(=O)C1CC2Cc3c(sc(N)c3C#N)CC2N(C)C1. The minimum atomic E-state index is -0.293. The van der Waals surface area contributed by atoms with E-state index in [9.17, 15) is 14.9 Å². The molecular formula is C23H36N6O2S. The number of hydrogen-bond acceptors (Lipinski definition) is 7. The molecule has 8 nitrogen and oxygen atoms in total. The Morgan fingerprint density at radius 2 is 2.06 bits per heavy atom. The van der Waals surface area contributed by atoms with E-state index in [1.165, 1.54) is 21.1 Å². The number of nitriles is 1. The van der Waals surface area contributed by atoms with Gasteiger partial charge in [0, 0.05) is 37.1 Å². The number of carbonyl (C=O) groups excluding carboxylic acids is 2. The van der Waals surface area contributed by atoms with Crippen LogP contribution in [0.25, 0.3) is 0 Å². The Hall–Kier alpha value is -2.15. The Kier molecular flexibility index (Phi) is 8.15. The summed E-state index contributed by atoms with van der Waals surface area (Å²) in [7, 11) is 5.97. The van der Waals surface area contributed by atoms with Crippen LogP contribution in [0.5, 0.6) is 0 Å². The number of piperidine rings is 1. The Balaban J connectivity index is 1.73. The number of likely N-dealkylation sites (tertiary alicyclic amines) is 1. The summed E-state index contributed by atoms with van der Waals surface area (Å²) in [6.45, 7) is 4.39. The highest BCUT2D eigenvalue weighted by molar-refractivity contribution is 7.16. The molecule has 1 aliphatic heterocycles. The van der Waals surface area contributed by atoms with Crippen LogP contribution in [-0.4, -0.2) is 80.0 Å². The number of urea groups is 1. The van der Waals surface area contributed by atoms with E-state index in [-0.39, 0.29) is 23.8 Å². The number of rotatable bonds is 7. The second kappa shape index (κ2) is 10.6. The number of carbonyl (C=O) groups is 2. The number of nitrogens with zero attached hydrogens (tertiary/aromatic N) is 4. The predicted octanol–water partition coefficient (Wildman–Crippen LogP) is 2.14. The highest BCUT2D eigenvalue weighted by atomic mass is 32.1. The molecule has 3 amide bonds. The van der Waals surface area contributed by atoms with E-state index < -0.39 is 0 Å². The van der Waals surface area contributed by atoms with E-state index >= 15 is 0 Å². The number of amides is 3. The predicted molar refractivity (Wildman–Crippen MR) is 127 cm³/mol. The number of fused-ring (bicyclic) bond motifs is 2. The minimum Gasteiger partial charge on any atom is -0.389 e. The van der Waals surface area contributed by atoms with Gasteiger partial charge in [-0.05, 0) is 58.3 Å². The highest BCUT2D eigenvalue weighted by Crippen LogP contribution is 2.43. The monoisotopic (exact) mass is 460 g/mol. The first-order valence-corrected chi connectivity index (χ1v) is 12.3. The summed E-state index contributed by atoms with van der Waals surface area (Å²) in [5.41, 5.74) is 7.77. The van der Waals surface area contributed by atoms with Crippen molar-refractivity contribution in [2.75, 3.05) is 53.1 Å². The van der Waals surface area contributed by atoms with E-state index in [0.29, 0.717) is 36.2 Å². The number of thiophene rings is 1. The van der Waals surface area contributed by atoms with Crippen LogP contribution in [0, 0.1) is 23.2 Å². The van der Waals surface area contributed by atoms with Gasteiger partial charge in [-0.3, -0.25) is 9.69 Å². The summed E-state index contributed by atoms with van der Waals surface area (Å²) in [6.07, 6.45) is 4.10. The molecule has 0 saturated carbocycles. The Bertz CT molecular complexity index is 877. The number of nitrogens with one attached hydrogen (secondary N) is 1. The normalized spacial score (nSPS) is 22.7. The Morgan fingerprint density at radius 1 is 1.31 bits per heavy atom. The standard InChI is InChI=1S/C23H36N6O2S/c1-5-6-8-29(23(31)26-7-9-27(2)3)22(30)16-10-15-11-17-18(13-24)21(25)32-20(17)12-19(15)28(4)14-16/h15-16,19H,5-12,14,25H2,1-4H3,(H,26,31). The lowest BCUT2D eigenvalue weighted by atomic mass is 9.74. The molecule has 0 aromatic carbocycles. The molecule has 1 saturated heterocycles.